The molecule has 0 aliphatic carbocycles. The second-order valence-corrected chi connectivity index (χ2v) is 10.4. The van der Waals surface area contributed by atoms with E-state index in [0.717, 1.165) is 35.3 Å². The van der Waals surface area contributed by atoms with Gasteiger partial charge in [0.05, 0.1) is 18.3 Å². The zero-order valence-electron chi connectivity index (χ0n) is 19.4. The molecule has 0 unspecified atom stereocenters. The monoisotopic (exact) mass is 451 g/mol. The SMILES string of the molecule is CCN(CC)c1ccc2c(c1)OC[C@H]1[C@H]2N=C2SC(C)=C(c3ccc(F)cc3)N2C1(C)C. The van der Waals surface area contributed by atoms with Crippen molar-refractivity contribution < 1.29 is 9.13 Å². The Morgan fingerprint density at radius 2 is 1.88 bits per heavy atom. The maximum Gasteiger partial charge on any atom is 0.169 e. The van der Waals surface area contributed by atoms with Crippen molar-refractivity contribution in [2.75, 3.05) is 24.6 Å². The Bertz CT molecular complexity index is 1100. The minimum absolute atomic E-state index is 0.0682. The van der Waals surface area contributed by atoms with Crippen LogP contribution in [0.1, 0.15) is 51.8 Å². The molecule has 0 saturated heterocycles. The lowest BCUT2D eigenvalue weighted by Crippen LogP contribution is -2.56. The van der Waals surface area contributed by atoms with E-state index in [1.54, 1.807) is 11.8 Å². The molecule has 2 aromatic rings. The van der Waals surface area contributed by atoms with Gasteiger partial charge in [0.2, 0.25) is 0 Å². The number of amidine groups is 1. The van der Waals surface area contributed by atoms with E-state index in [1.807, 2.05) is 12.1 Å². The highest BCUT2D eigenvalue weighted by Crippen LogP contribution is 2.55. The third-order valence-corrected chi connectivity index (χ3v) is 8.06. The van der Waals surface area contributed by atoms with E-state index in [-0.39, 0.29) is 23.3 Å². The molecular formula is C26H30FN3OS. The Labute approximate surface area is 194 Å². The van der Waals surface area contributed by atoms with Crippen molar-refractivity contribution in [3.05, 3.63) is 64.3 Å². The lowest BCUT2D eigenvalue weighted by atomic mass is 9.75. The van der Waals surface area contributed by atoms with Gasteiger partial charge in [-0.3, -0.25) is 4.99 Å². The molecule has 5 rings (SSSR count). The second kappa shape index (κ2) is 7.84. The van der Waals surface area contributed by atoms with E-state index in [9.17, 15) is 4.39 Å². The number of halogens is 1. The highest BCUT2D eigenvalue weighted by molar-refractivity contribution is 8.17. The van der Waals surface area contributed by atoms with Crippen LogP contribution < -0.4 is 9.64 Å². The van der Waals surface area contributed by atoms with Crippen LogP contribution in [0.15, 0.2) is 52.4 Å². The Kier molecular flexibility index (Phi) is 5.24. The summed E-state index contributed by atoms with van der Waals surface area (Å²) >= 11 is 1.72. The Hall–Kier alpha value is -2.47. The highest BCUT2D eigenvalue weighted by Gasteiger charge is 2.52. The molecule has 3 heterocycles. The summed E-state index contributed by atoms with van der Waals surface area (Å²) in [6.07, 6.45) is 0. The van der Waals surface area contributed by atoms with Crippen molar-refractivity contribution in [1.82, 2.24) is 4.90 Å². The number of benzene rings is 2. The van der Waals surface area contributed by atoms with Gasteiger partial charge in [0.25, 0.3) is 0 Å². The summed E-state index contributed by atoms with van der Waals surface area (Å²) in [5, 5.41) is 1.02. The summed E-state index contributed by atoms with van der Waals surface area (Å²) in [7, 11) is 0. The third-order valence-electron chi connectivity index (χ3n) is 7.09. The van der Waals surface area contributed by atoms with Crippen molar-refractivity contribution in [1.29, 1.82) is 0 Å². The van der Waals surface area contributed by atoms with Gasteiger partial charge in [-0.25, -0.2) is 4.39 Å². The van der Waals surface area contributed by atoms with E-state index >= 15 is 0 Å². The molecule has 0 saturated carbocycles. The first-order valence-electron chi connectivity index (χ1n) is 11.4. The number of hydrogen-bond acceptors (Lipinski definition) is 5. The second-order valence-electron chi connectivity index (χ2n) is 9.17. The Morgan fingerprint density at radius 3 is 2.56 bits per heavy atom. The molecule has 3 aliphatic heterocycles. The van der Waals surface area contributed by atoms with Crippen molar-refractivity contribution in [3.63, 3.8) is 0 Å². The number of allylic oxidation sites excluding steroid dienone is 1. The molecule has 0 radical (unpaired) electrons. The normalized spacial score (nSPS) is 23.2. The molecule has 168 valence electrons. The molecule has 0 aromatic heterocycles. The van der Waals surface area contributed by atoms with Crippen LogP contribution in [0.2, 0.25) is 0 Å². The lowest BCUT2D eigenvalue weighted by Gasteiger charge is -2.51. The van der Waals surface area contributed by atoms with Crippen molar-refractivity contribution in [2.45, 2.75) is 46.2 Å². The molecule has 3 aliphatic rings. The van der Waals surface area contributed by atoms with Crippen molar-refractivity contribution in [2.24, 2.45) is 10.9 Å². The third kappa shape index (κ3) is 3.22. The summed E-state index contributed by atoms with van der Waals surface area (Å²) < 4.78 is 19.9. The lowest BCUT2D eigenvalue weighted by molar-refractivity contribution is 0.0745. The number of rotatable bonds is 4. The Morgan fingerprint density at radius 1 is 1.16 bits per heavy atom. The van der Waals surface area contributed by atoms with Crippen LogP contribution in [0, 0.1) is 11.7 Å². The quantitative estimate of drug-likeness (QED) is 0.545. The number of hydrogen-bond donors (Lipinski definition) is 0. The molecule has 32 heavy (non-hydrogen) atoms. The summed E-state index contributed by atoms with van der Waals surface area (Å²) in [6, 6.07) is 13.4. The molecule has 0 amide bonds. The maximum absolute atomic E-state index is 13.6. The van der Waals surface area contributed by atoms with Gasteiger partial charge in [-0.05, 0) is 70.5 Å². The van der Waals surface area contributed by atoms with E-state index in [4.69, 9.17) is 9.73 Å². The predicted octanol–water partition coefficient (Wildman–Crippen LogP) is 6.31. The van der Waals surface area contributed by atoms with E-state index in [1.165, 1.54) is 28.3 Å². The van der Waals surface area contributed by atoms with Crippen LogP contribution >= 0.6 is 11.8 Å². The molecule has 0 spiro atoms. The van der Waals surface area contributed by atoms with E-state index in [2.05, 4.69) is 62.6 Å². The van der Waals surface area contributed by atoms with Crippen LogP contribution in [0.3, 0.4) is 0 Å². The fourth-order valence-electron chi connectivity index (χ4n) is 5.24. The molecule has 0 N–H and O–H groups in total. The first-order chi connectivity index (χ1) is 15.3. The minimum Gasteiger partial charge on any atom is -0.493 e. The van der Waals surface area contributed by atoms with Gasteiger partial charge in [0, 0.05) is 46.8 Å². The fourth-order valence-corrected chi connectivity index (χ4v) is 6.41. The molecule has 0 fully saturated rings. The van der Waals surface area contributed by atoms with Gasteiger partial charge in [0.15, 0.2) is 5.17 Å². The smallest absolute Gasteiger partial charge is 0.169 e. The van der Waals surface area contributed by atoms with Gasteiger partial charge >= 0.3 is 0 Å². The molecule has 2 aromatic carbocycles. The van der Waals surface area contributed by atoms with E-state index < -0.39 is 0 Å². The summed E-state index contributed by atoms with van der Waals surface area (Å²) in [4.78, 5) is 11.1. The van der Waals surface area contributed by atoms with Gasteiger partial charge < -0.3 is 14.5 Å². The van der Waals surface area contributed by atoms with Crippen LogP contribution in [0.5, 0.6) is 5.75 Å². The van der Waals surface area contributed by atoms with Crippen LogP contribution in [-0.2, 0) is 0 Å². The largest absolute Gasteiger partial charge is 0.493 e. The average molecular weight is 452 g/mol. The van der Waals surface area contributed by atoms with Gasteiger partial charge in [-0.15, -0.1) is 0 Å². The van der Waals surface area contributed by atoms with Gasteiger partial charge in [-0.2, -0.15) is 0 Å². The molecule has 2 atom stereocenters. The maximum atomic E-state index is 13.6. The standard InChI is InChI=1S/C26H30FN3OS/c1-6-29(7-2)19-12-13-20-22(14-19)31-15-21-23(20)28-25-30(26(21,4)5)24(16(3)32-25)17-8-10-18(27)11-9-17/h8-14,21,23H,6-7,15H2,1-5H3/t21-,23-/m0/s1. The number of thioether (sulfide) groups is 1. The minimum atomic E-state index is -0.217. The van der Waals surface area contributed by atoms with Crippen LogP contribution in [0.25, 0.3) is 5.70 Å². The number of ether oxygens (including phenoxy) is 1. The summed E-state index contributed by atoms with van der Waals surface area (Å²) in [6.45, 7) is 13.6. The van der Waals surface area contributed by atoms with Gasteiger partial charge in [0.1, 0.15) is 11.6 Å². The van der Waals surface area contributed by atoms with Crippen LogP contribution in [0.4, 0.5) is 10.1 Å². The summed E-state index contributed by atoms with van der Waals surface area (Å²) in [5.41, 5.74) is 4.31. The number of fused-ring (bicyclic) bond motifs is 4. The number of nitrogens with zero attached hydrogens (tertiary/aromatic N) is 3. The predicted molar refractivity (Wildman–Crippen MR) is 132 cm³/mol. The summed E-state index contributed by atoms with van der Waals surface area (Å²) in [5.74, 6) is 0.946. The van der Waals surface area contributed by atoms with E-state index in [0.29, 0.717) is 6.61 Å². The molecule has 4 nitrogen and oxygen atoms in total. The van der Waals surface area contributed by atoms with Crippen molar-refractivity contribution in [3.8, 4) is 5.75 Å². The number of anilines is 1. The Balaban J connectivity index is 1.56. The zero-order valence-corrected chi connectivity index (χ0v) is 20.2. The average Bonchev–Trinajstić information content (AvgIpc) is 3.11. The first-order valence-corrected chi connectivity index (χ1v) is 12.2. The molecule has 6 heteroatoms. The molecular weight excluding hydrogens is 421 g/mol. The number of aliphatic imine (C=N–C) groups is 1. The first kappa shape index (κ1) is 21.4. The van der Waals surface area contributed by atoms with Crippen LogP contribution in [-0.4, -0.2) is 35.3 Å². The topological polar surface area (TPSA) is 28.1 Å². The fraction of sp³-hybridized carbons (Fsp3) is 0.423. The molecule has 0 bridgehead atoms. The highest BCUT2D eigenvalue weighted by atomic mass is 32.2. The van der Waals surface area contributed by atoms with Gasteiger partial charge in [-0.1, -0.05) is 17.8 Å². The van der Waals surface area contributed by atoms with Crippen molar-refractivity contribution >= 4 is 28.3 Å². The zero-order chi connectivity index (χ0) is 22.6.